The highest BCUT2D eigenvalue weighted by Crippen LogP contribution is 2.17. The Morgan fingerprint density at radius 1 is 1.28 bits per heavy atom. The van der Waals surface area contributed by atoms with E-state index in [0.717, 1.165) is 18.7 Å². The van der Waals surface area contributed by atoms with Crippen LogP contribution >= 0.6 is 0 Å². The number of benzene rings is 1. The lowest BCUT2D eigenvalue weighted by Crippen LogP contribution is -2.20. The number of nitrogens with zero attached hydrogens (tertiary/aromatic N) is 1. The molecule has 2 N–H and O–H groups in total. The van der Waals surface area contributed by atoms with Crippen LogP contribution in [0.2, 0.25) is 0 Å². The number of aromatic nitrogens is 1. The van der Waals surface area contributed by atoms with E-state index in [-0.39, 0.29) is 0 Å². The minimum atomic E-state index is 0.320. The Hall–Kier alpha value is -1.74. The Kier molecular flexibility index (Phi) is 4.05. The molecule has 0 aliphatic rings. The summed E-state index contributed by atoms with van der Waals surface area (Å²) in [6.45, 7) is 6.02. The molecule has 1 aromatic carbocycles. The number of hydrogen-bond donors (Lipinski definition) is 2. The van der Waals surface area contributed by atoms with E-state index in [4.69, 9.17) is 0 Å². The van der Waals surface area contributed by atoms with Gasteiger partial charge < -0.3 is 15.0 Å². The molecule has 0 aliphatic carbocycles. The third-order valence-electron chi connectivity index (χ3n) is 3.08. The molecular weight excluding hydrogens is 224 g/mol. The Morgan fingerprint density at radius 2 is 2.11 bits per heavy atom. The molecule has 0 bridgehead atoms. The van der Waals surface area contributed by atoms with E-state index in [1.165, 1.54) is 5.69 Å². The lowest BCUT2D eigenvalue weighted by Gasteiger charge is -2.16. The van der Waals surface area contributed by atoms with Gasteiger partial charge in [-0.15, -0.1) is 0 Å². The number of phenols is 1. The second-order valence-corrected chi connectivity index (χ2v) is 4.51. The van der Waals surface area contributed by atoms with Gasteiger partial charge >= 0.3 is 0 Å². The van der Waals surface area contributed by atoms with Crippen molar-refractivity contribution < 1.29 is 5.11 Å². The first-order valence-corrected chi connectivity index (χ1v) is 6.37. The van der Waals surface area contributed by atoms with Gasteiger partial charge in [0.2, 0.25) is 0 Å². The van der Waals surface area contributed by atoms with Gasteiger partial charge in [0.25, 0.3) is 0 Å². The minimum absolute atomic E-state index is 0.320. The van der Waals surface area contributed by atoms with E-state index in [9.17, 15) is 5.11 Å². The summed E-state index contributed by atoms with van der Waals surface area (Å²) in [5.41, 5.74) is 2.37. The van der Waals surface area contributed by atoms with E-state index in [2.05, 4.69) is 42.1 Å². The highest BCUT2D eigenvalue weighted by Gasteiger charge is 2.08. The maximum Gasteiger partial charge on any atom is 0.115 e. The van der Waals surface area contributed by atoms with Gasteiger partial charge in [0.05, 0.1) is 0 Å². The van der Waals surface area contributed by atoms with Crippen LogP contribution < -0.4 is 5.32 Å². The summed E-state index contributed by atoms with van der Waals surface area (Å²) in [4.78, 5) is 0. The van der Waals surface area contributed by atoms with Gasteiger partial charge in [-0.2, -0.15) is 0 Å². The second kappa shape index (κ2) is 5.74. The van der Waals surface area contributed by atoms with Crippen LogP contribution in [-0.2, 0) is 6.54 Å². The molecule has 3 nitrogen and oxygen atoms in total. The maximum absolute atomic E-state index is 9.48. The SMILES string of the molecule is CCNC(C)c1cccn1Cc1cccc(O)c1. The number of nitrogens with one attached hydrogen (secondary N) is 1. The normalized spacial score (nSPS) is 12.6. The molecular formula is C15H20N2O. The third kappa shape index (κ3) is 2.93. The highest BCUT2D eigenvalue weighted by atomic mass is 16.3. The van der Waals surface area contributed by atoms with Gasteiger partial charge in [-0.3, -0.25) is 0 Å². The topological polar surface area (TPSA) is 37.2 Å². The zero-order valence-electron chi connectivity index (χ0n) is 10.9. The van der Waals surface area contributed by atoms with Crippen LogP contribution in [-0.4, -0.2) is 16.2 Å². The average molecular weight is 244 g/mol. The van der Waals surface area contributed by atoms with E-state index < -0.39 is 0 Å². The van der Waals surface area contributed by atoms with Crippen molar-refractivity contribution in [2.75, 3.05) is 6.54 Å². The molecule has 18 heavy (non-hydrogen) atoms. The Bertz CT molecular complexity index is 505. The first-order valence-electron chi connectivity index (χ1n) is 6.37. The van der Waals surface area contributed by atoms with E-state index >= 15 is 0 Å². The van der Waals surface area contributed by atoms with Gasteiger partial charge in [0, 0.05) is 24.5 Å². The van der Waals surface area contributed by atoms with Crippen molar-refractivity contribution >= 4 is 0 Å². The van der Waals surface area contributed by atoms with Crippen LogP contribution in [0.5, 0.6) is 5.75 Å². The van der Waals surface area contributed by atoms with Gasteiger partial charge in [-0.05, 0) is 43.3 Å². The summed E-state index contributed by atoms with van der Waals surface area (Å²) in [6.07, 6.45) is 2.08. The molecule has 0 amide bonds. The molecule has 1 heterocycles. The molecule has 0 spiro atoms. The largest absolute Gasteiger partial charge is 0.508 e. The van der Waals surface area contributed by atoms with E-state index in [0.29, 0.717) is 11.8 Å². The zero-order valence-corrected chi connectivity index (χ0v) is 10.9. The molecule has 1 atom stereocenters. The molecule has 1 aromatic heterocycles. The van der Waals surface area contributed by atoms with Crippen LogP contribution in [0.25, 0.3) is 0 Å². The van der Waals surface area contributed by atoms with Crippen molar-refractivity contribution in [2.24, 2.45) is 0 Å². The molecule has 0 saturated heterocycles. The standard InChI is InChI=1S/C15H20N2O/c1-3-16-12(2)15-8-5-9-17(15)11-13-6-4-7-14(18)10-13/h4-10,12,16,18H,3,11H2,1-2H3. The fourth-order valence-corrected chi connectivity index (χ4v) is 2.23. The lowest BCUT2D eigenvalue weighted by molar-refractivity contribution is 0.474. The maximum atomic E-state index is 9.48. The average Bonchev–Trinajstić information content (AvgIpc) is 2.77. The molecule has 1 unspecified atom stereocenters. The molecule has 0 radical (unpaired) electrons. The summed E-state index contributed by atoms with van der Waals surface area (Å²) in [5, 5.41) is 12.9. The molecule has 0 fully saturated rings. The van der Waals surface area contributed by atoms with Crippen LogP contribution in [0.1, 0.15) is 31.1 Å². The Morgan fingerprint density at radius 3 is 2.83 bits per heavy atom. The molecule has 0 aliphatic heterocycles. The smallest absolute Gasteiger partial charge is 0.115 e. The molecule has 96 valence electrons. The van der Waals surface area contributed by atoms with E-state index in [1.54, 1.807) is 6.07 Å². The van der Waals surface area contributed by atoms with Gasteiger partial charge in [0.1, 0.15) is 5.75 Å². The first-order chi connectivity index (χ1) is 8.70. The predicted octanol–water partition coefficient (Wildman–Crippen LogP) is 2.91. The van der Waals surface area contributed by atoms with Crippen molar-refractivity contribution in [3.05, 3.63) is 53.9 Å². The first kappa shape index (κ1) is 12.7. The van der Waals surface area contributed by atoms with Crippen LogP contribution in [0, 0.1) is 0 Å². The summed E-state index contributed by atoms with van der Waals surface area (Å²) < 4.78 is 2.21. The number of rotatable bonds is 5. The third-order valence-corrected chi connectivity index (χ3v) is 3.08. The van der Waals surface area contributed by atoms with Crippen molar-refractivity contribution in [1.82, 2.24) is 9.88 Å². The van der Waals surface area contributed by atoms with Gasteiger partial charge in [-0.1, -0.05) is 19.1 Å². The highest BCUT2D eigenvalue weighted by molar-refractivity contribution is 5.28. The molecule has 0 saturated carbocycles. The Balaban J connectivity index is 2.17. The predicted molar refractivity (Wildman–Crippen MR) is 73.7 cm³/mol. The van der Waals surface area contributed by atoms with E-state index in [1.807, 2.05) is 18.2 Å². The second-order valence-electron chi connectivity index (χ2n) is 4.51. The fraction of sp³-hybridized carbons (Fsp3) is 0.333. The van der Waals surface area contributed by atoms with Gasteiger partial charge in [-0.25, -0.2) is 0 Å². The number of phenolic OH excluding ortho intramolecular Hbond substituents is 1. The van der Waals surface area contributed by atoms with Crippen molar-refractivity contribution in [2.45, 2.75) is 26.4 Å². The van der Waals surface area contributed by atoms with Gasteiger partial charge in [0.15, 0.2) is 0 Å². The molecule has 2 aromatic rings. The summed E-state index contributed by atoms with van der Waals surface area (Å²) in [5.74, 6) is 0.320. The van der Waals surface area contributed by atoms with Crippen LogP contribution in [0.3, 0.4) is 0 Å². The minimum Gasteiger partial charge on any atom is -0.508 e. The van der Waals surface area contributed by atoms with Crippen molar-refractivity contribution in [3.8, 4) is 5.75 Å². The monoisotopic (exact) mass is 244 g/mol. The lowest BCUT2D eigenvalue weighted by atomic mass is 10.2. The summed E-state index contributed by atoms with van der Waals surface area (Å²) >= 11 is 0. The quantitative estimate of drug-likeness (QED) is 0.848. The summed E-state index contributed by atoms with van der Waals surface area (Å²) in [6, 6.07) is 11.9. The number of hydrogen-bond acceptors (Lipinski definition) is 2. The Labute approximate surface area is 108 Å². The molecule has 3 heteroatoms. The van der Waals surface area contributed by atoms with Crippen LogP contribution in [0.15, 0.2) is 42.6 Å². The van der Waals surface area contributed by atoms with Crippen LogP contribution in [0.4, 0.5) is 0 Å². The van der Waals surface area contributed by atoms with Crippen molar-refractivity contribution in [3.63, 3.8) is 0 Å². The number of aromatic hydroxyl groups is 1. The summed E-state index contributed by atoms with van der Waals surface area (Å²) in [7, 11) is 0. The molecule has 2 rings (SSSR count). The van der Waals surface area contributed by atoms with Crippen molar-refractivity contribution in [1.29, 1.82) is 0 Å². The fourth-order valence-electron chi connectivity index (χ4n) is 2.23. The zero-order chi connectivity index (χ0) is 13.0.